The molecule has 9 atom stereocenters. The van der Waals surface area contributed by atoms with Crippen molar-refractivity contribution in [2.24, 2.45) is 33.7 Å². The molecule has 0 aliphatic carbocycles. The fraction of sp³-hybridized carbons (Fsp3) is 0.558. The molecule has 1 amide bonds. The van der Waals surface area contributed by atoms with Crippen LogP contribution in [0.15, 0.2) is 46.1 Å². The zero-order valence-electron chi connectivity index (χ0n) is 34.8. The van der Waals surface area contributed by atoms with Crippen LogP contribution in [0.1, 0.15) is 77.2 Å². The molecule has 15 heteroatoms. The molecule has 314 valence electrons. The number of aliphatic hydroxyl groups excluding tert-OH is 2. The van der Waals surface area contributed by atoms with Gasteiger partial charge in [0.15, 0.2) is 11.4 Å². The summed E-state index contributed by atoms with van der Waals surface area (Å²) in [6.07, 6.45) is 4.99. The third kappa shape index (κ3) is 7.49. The second kappa shape index (κ2) is 16.1. The number of likely N-dealkylation sites (tertiary alicyclic amines) is 1. The predicted octanol–water partition coefficient (Wildman–Crippen LogP) is 3.72. The van der Waals surface area contributed by atoms with Crippen LogP contribution in [0.2, 0.25) is 0 Å². The number of ketones is 1. The highest BCUT2D eigenvalue weighted by Gasteiger charge is 2.50. The highest BCUT2D eigenvalue weighted by molar-refractivity contribution is 6.19. The van der Waals surface area contributed by atoms with Gasteiger partial charge in [0.25, 0.3) is 11.7 Å². The Morgan fingerprint density at radius 3 is 2.24 bits per heavy atom. The summed E-state index contributed by atoms with van der Waals surface area (Å²) < 4.78 is 23.9. The lowest BCUT2D eigenvalue weighted by molar-refractivity contribution is -0.160. The summed E-state index contributed by atoms with van der Waals surface area (Å²) in [5.41, 5.74) is -0.573. The van der Waals surface area contributed by atoms with Crippen LogP contribution in [0.25, 0.3) is 10.8 Å². The molecule has 4 aliphatic heterocycles. The minimum absolute atomic E-state index is 0.0324. The summed E-state index contributed by atoms with van der Waals surface area (Å²) in [6.45, 7) is 14.2. The maximum atomic E-state index is 14.6. The molecule has 4 aliphatic rings. The largest absolute Gasteiger partial charge is 0.507 e. The molecule has 0 aromatic heterocycles. The van der Waals surface area contributed by atoms with Crippen LogP contribution in [-0.4, -0.2) is 106 Å². The average Bonchev–Trinajstić information content (AvgIpc) is 3.69. The second-order valence-electron chi connectivity index (χ2n) is 16.6. The van der Waals surface area contributed by atoms with Crippen LogP contribution < -0.4 is 20.8 Å². The zero-order valence-corrected chi connectivity index (χ0v) is 34.8. The Hall–Kier alpha value is -4.83. The highest BCUT2D eigenvalue weighted by atomic mass is 16.7. The normalized spacial score (nSPS) is 33.6. The first kappa shape index (κ1) is 42.8. The Balaban J connectivity index is 1.55. The number of piperidine rings is 1. The summed E-state index contributed by atoms with van der Waals surface area (Å²) >= 11 is 0. The van der Waals surface area contributed by atoms with Gasteiger partial charge in [-0.15, -0.1) is 0 Å². The molecule has 6 rings (SSSR count). The third-order valence-corrected chi connectivity index (χ3v) is 12.4. The number of nitrogens with one attached hydrogen (secondary N) is 1. The van der Waals surface area contributed by atoms with Gasteiger partial charge in [0.1, 0.15) is 28.6 Å². The van der Waals surface area contributed by atoms with E-state index in [1.807, 2.05) is 7.05 Å². The van der Waals surface area contributed by atoms with E-state index >= 15 is 0 Å². The Bertz CT molecular complexity index is 2230. The van der Waals surface area contributed by atoms with Gasteiger partial charge in [0.05, 0.1) is 40.9 Å². The van der Waals surface area contributed by atoms with E-state index in [2.05, 4.69) is 10.2 Å². The number of phenols is 2. The fourth-order valence-electron chi connectivity index (χ4n) is 8.57. The molecular weight excluding hydrogens is 748 g/mol. The van der Waals surface area contributed by atoms with Gasteiger partial charge in [0.2, 0.25) is 0 Å². The van der Waals surface area contributed by atoms with Gasteiger partial charge in [-0.25, -0.2) is 0 Å². The molecule has 1 saturated heterocycles. The molecule has 15 nitrogen and oxygen atoms in total. The molecule has 4 heterocycles. The Kier molecular flexibility index (Phi) is 11.9. The number of aliphatic hydroxyl groups is 2. The number of ether oxygens (including phenoxy) is 4. The first-order chi connectivity index (χ1) is 27.3. The van der Waals surface area contributed by atoms with Gasteiger partial charge < -0.3 is 49.6 Å². The molecule has 9 unspecified atom stereocenters. The van der Waals surface area contributed by atoms with Crippen molar-refractivity contribution in [2.45, 2.75) is 104 Å². The van der Waals surface area contributed by atoms with Crippen molar-refractivity contribution in [3.05, 3.63) is 58.0 Å². The number of nitrogens with zero attached hydrogens (tertiary/aromatic N) is 3. The number of amides is 1. The lowest BCUT2D eigenvalue weighted by Crippen LogP contribution is -2.46. The molecule has 2 aromatic rings. The van der Waals surface area contributed by atoms with Crippen molar-refractivity contribution in [2.75, 3.05) is 32.6 Å². The molecule has 4 bridgehead atoms. The van der Waals surface area contributed by atoms with Crippen LogP contribution in [0.3, 0.4) is 0 Å². The topological polar surface area (TPSA) is 209 Å². The van der Waals surface area contributed by atoms with Crippen LogP contribution in [0, 0.1) is 30.6 Å². The molecule has 0 saturated carbocycles. The molecule has 2 aromatic carbocycles. The van der Waals surface area contributed by atoms with E-state index in [9.17, 15) is 34.8 Å². The Morgan fingerprint density at radius 1 is 0.948 bits per heavy atom. The Morgan fingerprint density at radius 2 is 1.60 bits per heavy atom. The number of fused-ring (bicyclic) bond motifs is 1. The van der Waals surface area contributed by atoms with Gasteiger partial charge in [0, 0.05) is 87.1 Å². The van der Waals surface area contributed by atoms with Crippen molar-refractivity contribution >= 4 is 34.1 Å². The second-order valence-corrected chi connectivity index (χ2v) is 16.6. The van der Waals surface area contributed by atoms with E-state index in [1.54, 1.807) is 65.8 Å². The fourth-order valence-corrected chi connectivity index (χ4v) is 8.57. The van der Waals surface area contributed by atoms with E-state index < -0.39 is 82.9 Å². The Labute approximate surface area is 337 Å². The molecule has 58 heavy (non-hydrogen) atoms. The van der Waals surface area contributed by atoms with E-state index in [1.165, 1.54) is 27.2 Å². The van der Waals surface area contributed by atoms with Crippen LogP contribution >= 0.6 is 0 Å². The lowest BCUT2D eigenvalue weighted by Gasteiger charge is -2.38. The number of esters is 1. The molecule has 1 fully saturated rings. The summed E-state index contributed by atoms with van der Waals surface area (Å²) in [6, 6.07) is 0. The van der Waals surface area contributed by atoms with Crippen LogP contribution in [0.4, 0.5) is 5.69 Å². The number of carbonyl (C=O) groups excluding carboxylic acids is 3. The van der Waals surface area contributed by atoms with Crippen LogP contribution in [-0.2, 0) is 23.8 Å². The van der Waals surface area contributed by atoms with Crippen molar-refractivity contribution in [1.82, 2.24) is 4.90 Å². The zero-order chi connectivity index (χ0) is 42.6. The monoisotopic (exact) mass is 804 g/mol. The molecule has 1 spiro atoms. The number of rotatable bonds is 2. The van der Waals surface area contributed by atoms with Crippen molar-refractivity contribution in [1.29, 1.82) is 0 Å². The van der Waals surface area contributed by atoms with E-state index in [-0.39, 0.29) is 55.4 Å². The van der Waals surface area contributed by atoms with Crippen molar-refractivity contribution in [3.63, 3.8) is 0 Å². The summed E-state index contributed by atoms with van der Waals surface area (Å²) in [5, 5.41) is 49.9. The number of anilines is 1. The lowest BCUT2D eigenvalue weighted by atomic mass is 9.78. The summed E-state index contributed by atoms with van der Waals surface area (Å²) in [5.74, 6) is -6.90. The minimum atomic E-state index is -1.95. The average molecular weight is 805 g/mol. The first-order valence-electron chi connectivity index (χ1n) is 19.8. The standard InChI is InChI=1S/C43H56N4O11/c1-20-12-11-13-21(2)41(54)44-33-32-31(45-43(46-32)15-17-47(9)18-16-43)28-29(37(33)52)36(51)25(6)39-30(28)40(53)42(8,58-39)56-19-14-27(55-10)22(3)38(57-26(7)48)24(5)35(50)23(4)34(20)49/h11-14,19-20,22-24,27,34-35,38,49-52H,15-18H2,1-10H3,(H,44,54)/b12-11+,19-14+,21-13-. The maximum absolute atomic E-state index is 14.6. The quantitative estimate of drug-likeness (QED) is 0.218. The summed E-state index contributed by atoms with van der Waals surface area (Å²) in [4.78, 5) is 53.1. The van der Waals surface area contributed by atoms with E-state index in [0.717, 1.165) is 0 Å². The molecular formula is C43H56N4O11. The van der Waals surface area contributed by atoms with Gasteiger partial charge >= 0.3 is 11.8 Å². The SMILES string of the molecule is COC1/C=C/OC2(C)Oc3c(C)c(O)c4c(O)c(c5c(c4c3C2=O)=NC2(CCN(C)CC2)N=5)NC(=O)/C(C)=C\C=C\C(C)C(O)C(C)C(O)C(C)C(OC(C)=O)C1C. The number of hydrogen-bond donors (Lipinski definition) is 5. The number of aromatic hydroxyl groups is 2. The number of hydrogen-bond acceptors (Lipinski definition) is 14. The smallest absolute Gasteiger partial charge is 0.312 e. The number of carbonyl (C=O) groups is 3. The van der Waals surface area contributed by atoms with Crippen molar-refractivity contribution in [3.8, 4) is 17.2 Å². The van der Waals surface area contributed by atoms with Crippen LogP contribution in [0.5, 0.6) is 17.2 Å². The first-order valence-corrected chi connectivity index (χ1v) is 19.8. The molecule has 5 N–H and O–H groups in total. The number of benzene rings is 2. The number of allylic oxidation sites excluding steroid dienone is 2. The van der Waals surface area contributed by atoms with Gasteiger partial charge in [-0.05, 0) is 27.0 Å². The number of phenolic OH excluding ortho intramolecular Hbond substituents is 2. The van der Waals surface area contributed by atoms with E-state index in [0.29, 0.717) is 25.9 Å². The predicted molar refractivity (Wildman–Crippen MR) is 214 cm³/mol. The minimum Gasteiger partial charge on any atom is -0.507 e. The maximum Gasteiger partial charge on any atom is 0.312 e. The van der Waals surface area contributed by atoms with Gasteiger partial charge in [-0.2, -0.15) is 0 Å². The number of methoxy groups -OCH3 is 1. The summed E-state index contributed by atoms with van der Waals surface area (Å²) in [7, 11) is 3.46. The van der Waals surface area contributed by atoms with Gasteiger partial charge in [-0.1, -0.05) is 45.9 Å². The third-order valence-electron chi connectivity index (χ3n) is 12.4. The van der Waals surface area contributed by atoms with E-state index in [4.69, 9.17) is 28.9 Å². The number of Topliss-reactive ketones (excluding diaryl/α,β-unsaturated/α-hetero) is 1. The highest BCUT2D eigenvalue weighted by Crippen LogP contribution is 2.50. The molecule has 0 radical (unpaired) electrons. The van der Waals surface area contributed by atoms with Crippen molar-refractivity contribution < 1.29 is 53.8 Å². The van der Waals surface area contributed by atoms with Gasteiger partial charge in [-0.3, -0.25) is 24.4 Å².